The largest absolute Gasteiger partial charge is 0.356 e. The number of carbonyl (C=O) groups excluding carboxylic acids is 2. The third-order valence-electron chi connectivity index (χ3n) is 5.84. The van der Waals surface area contributed by atoms with E-state index in [4.69, 9.17) is 0 Å². The number of rotatable bonds is 8. The van der Waals surface area contributed by atoms with E-state index >= 15 is 0 Å². The topological polar surface area (TPSA) is 49.4 Å². The smallest absolute Gasteiger partial charge is 0.235 e. The fourth-order valence-electron chi connectivity index (χ4n) is 4.13. The Morgan fingerprint density at radius 1 is 1.18 bits per heavy atom. The minimum absolute atomic E-state index is 0.0908. The predicted octanol–water partition coefficient (Wildman–Crippen LogP) is 5.30. The number of amides is 2. The van der Waals surface area contributed by atoms with E-state index in [0.717, 1.165) is 12.0 Å². The minimum Gasteiger partial charge on any atom is -0.356 e. The molecule has 1 N–H and O–H groups in total. The molecule has 2 amide bonds. The van der Waals surface area contributed by atoms with E-state index in [0.29, 0.717) is 24.1 Å². The molecule has 0 bridgehead atoms. The third kappa shape index (κ3) is 6.51. The normalized spacial score (nSPS) is 17.5. The van der Waals surface area contributed by atoms with Crippen LogP contribution in [-0.2, 0) is 16.1 Å². The molecule has 2 aromatic carbocycles. The molecule has 2 unspecified atom stereocenters. The average Bonchev–Trinajstić information content (AvgIpc) is 3.03. The van der Waals surface area contributed by atoms with Gasteiger partial charge in [0.1, 0.15) is 5.82 Å². The number of halogens is 1. The standard InChI is InChI=1S/C28H31FN2O2/c1-3-4-6-12-21(2)27(22-13-7-5-8-14-22)28(33)31(20-23-15-9-10-17-25(23)29)24-16-11-18-30-26(32)19-24/h3-10,12-15,17,24,27H,2,11,16,18-20H2,1H3,(H,30,32)/b4-3-,12-6-. The maximum absolute atomic E-state index is 14.6. The number of allylic oxidation sites excluding steroid dienone is 4. The van der Waals surface area contributed by atoms with Gasteiger partial charge in [-0.25, -0.2) is 4.39 Å². The van der Waals surface area contributed by atoms with Gasteiger partial charge in [-0.15, -0.1) is 0 Å². The molecule has 3 rings (SSSR count). The lowest BCUT2D eigenvalue weighted by Gasteiger charge is -2.34. The summed E-state index contributed by atoms with van der Waals surface area (Å²) in [4.78, 5) is 28.1. The average molecular weight is 447 g/mol. The summed E-state index contributed by atoms with van der Waals surface area (Å²) in [5.41, 5.74) is 1.88. The van der Waals surface area contributed by atoms with E-state index in [1.807, 2.05) is 61.6 Å². The van der Waals surface area contributed by atoms with Crippen molar-refractivity contribution in [2.45, 2.75) is 44.7 Å². The Balaban J connectivity index is 2.02. The second-order valence-corrected chi connectivity index (χ2v) is 8.21. The van der Waals surface area contributed by atoms with Crippen LogP contribution >= 0.6 is 0 Å². The summed E-state index contributed by atoms with van der Waals surface area (Å²) < 4.78 is 14.6. The summed E-state index contributed by atoms with van der Waals surface area (Å²) in [5.74, 6) is -1.27. The maximum Gasteiger partial charge on any atom is 0.235 e. The molecule has 1 aliphatic rings. The molecule has 4 nitrogen and oxygen atoms in total. The molecule has 1 fully saturated rings. The second kappa shape index (κ2) is 12.0. The molecular formula is C28H31FN2O2. The monoisotopic (exact) mass is 446 g/mol. The van der Waals surface area contributed by atoms with Crippen LogP contribution in [0.5, 0.6) is 0 Å². The van der Waals surface area contributed by atoms with Crippen molar-refractivity contribution in [2.24, 2.45) is 0 Å². The van der Waals surface area contributed by atoms with Crippen molar-refractivity contribution in [2.75, 3.05) is 6.54 Å². The lowest BCUT2D eigenvalue weighted by Crippen LogP contribution is -2.44. The van der Waals surface area contributed by atoms with E-state index in [1.54, 1.807) is 23.1 Å². The van der Waals surface area contributed by atoms with Gasteiger partial charge < -0.3 is 10.2 Å². The highest BCUT2D eigenvalue weighted by molar-refractivity contribution is 5.88. The van der Waals surface area contributed by atoms with Crippen LogP contribution in [0.1, 0.15) is 43.2 Å². The van der Waals surface area contributed by atoms with Crippen LogP contribution in [-0.4, -0.2) is 29.3 Å². The minimum atomic E-state index is -0.634. The fraction of sp³-hybridized carbons (Fsp3) is 0.286. The Hall–Kier alpha value is -3.47. The Morgan fingerprint density at radius 3 is 2.64 bits per heavy atom. The van der Waals surface area contributed by atoms with E-state index in [-0.39, 0.29) is 36.6 Å². The van der Waals surface area contributed by atoms with Crippen LogP contribution in [0.25, 0.3) is 0 Å². The molecule has 1 aliphatic heterocycles. The van der Waals surface area contributed by atoms with Gasteiger partial charge in [0.25, 0.3) is 0 Å². The molecule has 0 spiro atoms. The van der Waals surface area contributed by atoms with Crippen molar-refractivity contribution in [3.05, 3.63) is 108 Å². The highest BCUT2D eigenvalue weighted by Crippen LogP contribution is 2.30. The van der Waals surface area contributed by atoms with Gasteiger partial charge in [-0.05, 0) is 37.0 Å². The Bertz CT molecular complexity index is 1030. The first-order chi connectivity index (χ1) is 16.0. The predicted molar refractivity (Wildman–Crippen MR) is 130 cm³/mol. The first-order valence-corrected chi connectivity index (χ1v) is 11.3. The molecule has 0 saturated carbocycles. The van der Waals surface area contributed by atoms with Gasteiger partial charge in [0, 0.05) is 31.1 Å². The van der Waals surface area contributed by atoms with Crippen molar-refractivity contribution in [3.8, 4) is 0 Å². The molecule has 33 heavy (non-hydrogen) atoms. The highest BCUT2D eigenvalue weighted by Gasteiger charge is 2.34. The quantitative estimate of drug-likeness (QED) is 0.560. The lowest BCUT2D eigenvalue weighted by atomic mass is 9.89. The lowest BCUT2D eigenvalue weighted by molar-refractivity contribution is -0.136. The SMILES string of the molecule is C=C(/C=C\C=C/C)C(C(=O)N(Cc1ccccc1F)C1CCCNC(=O)C1)c1ccccc1. The van der Waals surface area contributed by atoms with Gasteiger partial charge in [-0.2, -0.15) is 0 Å². The summed E-state index contributed by atoms with van der Waals surface area (Å²) in [7, 11) is 0. The van der Waals surface area contributed by atoms with E-state index in [9.17, 15) is 14.0 Å². The summed E-state index contributed by atoms with van der Waals surface area (Å²) in [6, 6.07) is 15.6. The van der Waals surface area contributed by atoms with Gasteiger partial charge in [0.2, 0.25) is 11.8 Å². The Morgan fingerprint density at radius 2 is 1.91 bits per heavy atom. The van der Waals surface area contributed by atoms with Crippen molar-refractivity contribution in [3.63, 3.8) is 0 Å². The van der Waals surface area contributed by atoms with Gasteiger partial charge in [-0.3, -0.25) is 9.59 Å². The number of hydrogen-bond acceptors (Lipinski definition) is 2. The van der Waals surface area contributed by atoms with Crippen molar-refractivity contribution >= 4 is 11.8 Å². The number of benzene rings is 2. The Kier molecular flexibility index (Phi) is 8.76. The summed E-state index contributed by atoms with van der Waals surface area (Å²) in [5, 5.41) is 2.87. The van der Waals surface area contributed by atoms with Crippen LogP contribution in [0.3, 0.4) is 0 Å². The number of hydrogen-bond donors (Lipinski definition) is 1. The van der Waals surface area contributed by atoms with Gasteiger partial charge in [0.05, 0.1) is 5.92 Å². The van der Waals surface area contributed by atoms with Crippen LogP contribution in [0.2, 0.25) is 0 Å². The first-order valence-electron chi connectivity index (χ1n) is 11.3. The summed E-state index contributed by atoms with van der Waals surface area (Å²) in [6.45, 7) is 6.78. The second-order valence-electron chi connectivity index (χ2n) is 8.21. The van der Waals surface area contributed by atoms with Crippen molar-refractivity contribution in [1.82, 2.24) is 10.2 Å². The molecule has 1 heterocycles. The zero-order valence-corrected chi connectivity index (χ0v) is 19.0. The number of nitrogens with one attached hydrogen (secondary N) is 1. The summed E-state index contributed by atoms with van der Waals surface area (Å²) >= 11 is 0. The van der Waals surface area contributed by atoms with E-state index < -0.39 is 5.92 Å². The zero-order valence-electron chi connectivity index (χ0n) is 19.0. The van der Waals surface area contributed by atoms with E-state index in [2.05, 4.69) is 11.9 Å². The number of carbonyl (C=O) groups is 2. The molecule has 0 radical (unpaired) electrons. The molecule has 0 aromatic heterocycles. The van der Waals surface area contributed by atoms with Crippen LogP contribution in [0, 0.1) is 5.82 Å². The van der Waals surface area contributed by atoms with E-state index in [1.165, 1.54) is 6.07 Å². The van der Waals surface area contributed by atoms with Crippen molar-refractivity contribution in [1.29, 1.82) is 0 Å². The molecule has 2 atom stereocenters. The molecule has 2 aromatic rings. The Labute approximate surface area is 195 Å². The zero-order chi connectivity index (χ0) is 23.6. The van der Waals surface area contributed by atoms with Crippen LogP contribution in [0.15, 0.2) is 91.1 Å². The van der Waals surface area contributed by atoms with Gasteiger partial charge in [0.15, 0.2) is 0 Å². The van der Waals surface area contributed by atoms with Crippen LogP contribution < -0.4 is 5.32 Å². The van der Waals surface area contributed by atoms with Gasteiger partial charge >= 0.3 is 0 Å². The molecule has 5 heteroatoms. The molecule has 1 saturated heterocycles. The van der Waals surface area contributed by atoms with Crippen molar-refractivity contribution < 1.29 is 14.0 Å². The highest BCUT2D eigenvalue weighted by atomic mass is 19.1. The number of nitrogens with zero attached hydrogens (tertiary/aromatic N) is 1. The molecule has 172 valence electrons. The molecule has 0 aliphatic carbocycles. The first kappa shape index (κ1) is 24.2. The molecular weight excluding hydrogens is 415 g/mol. The maximum atomic E-state index is 14.6. The summed E-state index contributed by atoms with van der Waals surface area (Å²) in [6.07, 6.45) is 9.09. The third-order valence-corrected chi connectivity index (χ3v) is 5.84. The fourth-order valence-corrected chi connectivity index (χ4v) is 4.13. The van der Waals surface area contributed by atoms with Crippen LogP contribution in [0.4, 0.5) is 4.39 Å². The van der Waals surface area contributed by atoms with Gasteiger partial charge in [-0.1, -0.05) is 79.4 Å².